The average Bonchev–Trinajstić information content (AvgIpc) is 3.00. The molecule has 17 heavy (non-hydrogen) atoms. The zero-order valence-corrected chi connectivity index (χ0v) is 10.6. The second kappa shape index (κ2) is 5.95. The summed E-state index contributed by atoms with van der Waals surface area (Å²) in [6.07, 6.45) is 2.76. The van der Waals surface area contributed by atoms with E-state index in [0.29, 0.717) is 0 Å². The number of thiophene rings is 1. The van der Waals surface area contributed by atoms with Gasteiger partial charge in [0, 0.05) is 18.2 Å². The second-order valence-electron chi connectivity index (χ2n) is 3.92. The molecule has 0 amide bonds. The number of aromatic nitrogens is 2. The van der Waals surface area contributed by atoms with Gasteiger partial charge in [-0.15, -0.1) is 11.3 Å². The lowest BCUT2D eigenvalue weighted by Crippen LogP contribution is -2.31. The van der Waals surface area contributed by atoms with Crippen molar-refractivity contribution in [2.75, 3.05) is 6.61 Å². The van der Waals surface area contributed by atoms with Crippen molar-refractivity contribution >= 4 is 11.3 Å². The van der Waals surface area contributed by atoms with Crippen molar-refractivity contribution < 1.29 is 5.11 Å². The van der Waals surface area contributed by atoms with Gasteiger partial charge in [-0.05, 0) is 17.9 Å². The van der Waals surface area contributed by atoms with Crippen LogP contribution in [0.4, 0.5) is 0 Å². The van der Waals surface area contributed by atoms with Gasteiger partial charge < -0.3 is 10.4 Å². The summed E-state index contributed by atoms with van der Waals surface area (Å²) >= 11 is 1.69. The van der Waals surface area contributed by atoms with Crippen LogP contribution in [0.1, 0.15) is 18.9 Å². The predicted octanol–water partition coefficient (Wildman–Crippen LogP) is 2.00. The van der Waals surface area contributed by atoms with Gasteiger partial charge >= 0.3 is 0 Å². The van der Waals surface area contributed by atoms with E-state index in [9.17, 15) is 0 Å². The van der Waals surface area contributed by atoms with Crippen molar-refractivity contribution in [1.29, 1.82) is 0 Å². The summed E-state index contributed by atoms with van der Waals surface area (Å²) in [7, 11) is 0. The Morgan fingerprint density at radius 3 is 3.12 bits per heavy atom. The van der Waals surface area contributed by atoms with E-state index in [1.54, 1.807) is 11.3 Å². The molecule has 2 aromatic heterocycles. The molecule has 0 saturated carbocycles. The van der Waals surface area contributed by atoms with Crippen LogP contribution in [-0.4, -0.2) is 28.0 Å². The molecule has 3 N–H and O–H groups in total. The van der Waals surface area contributed by atoms with Crippen molar-refractivity contribution in [1.82, 2.24) is 15.5 Å². The molecule has 0 aliphatic heterocycles. The first-order valence-electron chi connectivity index (χ1n) is 5.75. The highest BCUT2D eigenvalue weighted by Gasteiger charge is 2.10. The first-order chi connectivity index (χ1) is 8.35. The van der Waals surface area contributed by atoms with Gasteiger partial charge in [0.25, 0.3) is 0 Å². The molecular formula is C12H17N3OS. The third-order valence-corrected chi connectivity index (χ3v) is 3.67. The normalized spacial score (nSPS) is 12.8. The molecule has 2 aromatic rings. The smallest absolute Gasteiger partial charge is 0.0794 e. The van der Waals surface area contributed by atoms with E-state index in [2.05, 4.69) is 33.9 Å². The molecule has 0 radical (unpaired) electrons. The van der Waals surface area contributed by atoms with Crippen molar-refractivity contribution in [2.24, 2.45) is 0 Å². The fourth-order valence-corrected chi connectivity index (χ4v) is 2.43. The van der Waals surface area contributed by atoms with Crippen LogP contribution in [0.3, 0.4) is 0 Å². The zero-order chi connectivity index (χ0) is 12.1. The SMILES string of the molecule is CC[C@@H](CO)NCc1cn[nH]c1-c1cccs1. The van der Waals surface area contributed by atoms with Gasteiger partial charge in [0.15, 0.2) is 0 Å². The maximum atomic E-state index is 9.12. The summed E-state index contributed by atoms with van der Waals surface area (Å²) in [6.45, 7) is 2.95. The fraction of sp³-hybridized carbons (Fsp3) is 0.417. The Morgan fingerprint density at radius 1 is 1.59 bits per heavy atom. The van der Waals surface area contributed by atoms with Crippen LogP contribution in [0.5, 0.6) is 0 Å². The lowest BCUT2D eigenvalue weighted by molar-refractivity contribution is 0.238. The van der Waals surface area contributed by atoms with Crippen LogP contribution in [-0.2, 0) is 6.54 Å². The van der Waals surface area contributed by atoms with Gasteiger partial charge in [-0.3, -0.25) is 5.10 Å². The van der Waals surface area contributed by atoms with Crippen LogP contribution in [0.25, 0.3) is 10.6 Å². The quantitative estimate of drug-likeness (QED) is 0.736. The van der Waals surface area contributed by atoms with Crippen LogP contribution in [0.15, 0.2) is 23.7 Å². The van der Waals surface area contributed by atoms with E-state index in [0.717, 1.165) is 24.2 Å². The topological polar surface area (TPSA) is 60.9 Å². The van der Waals surface area contributed by atoms with Crippen LogP contribution >= 0.6 is 11.3 Å². The molecule has 0 spiro atoms. The molecule has 0 aromatic carbocycles. The van der Waals surface area contributed by atoms with E-state index < -0.39 is 0 Å². The van der Waals surface area contributed by atoms with E-state index in [1.165, 1.54) is 4.88 Å². The standard InChI is InChI=1S/C12H17N3OS/c1-2-10(8-16)13-6-9-7-14-15-12(9)11-4-3-5-17-11/h3-5,7,10,13,16H,2,6,8H2,1H3,(H,14,15)/t10-/m0/s1. The minimum absolute atomic E-state index is 0.154. The first kappa shape index (κ1) is 12.3. The summed E-state index contributed by atoms with van der Waals surface area (Å²) in [6, 6.07) is 4.26. The highest BCUT2D eigenvalue weighted by molar-refractivity contribution is 7.13. The number of aromatic amines is 1. The molecule has 92 valence electrons. The minimum Gasteiger partial charge on any atom is -0.395 e. The number of rotatable bonds is 6. The monoisotopic (exact) mass is 251 g/mol. The summed E-state index contributed by atoms with van der Waals surface area (Å²) < 4.78 is 0. The largest absolute Gasteiger partial charge is 0.395 e. The van der Waals surface area contributed by atoms with Gasteiger partial charge in [-0.1, -0.05) is 13.0 Å². The fourth-order valence-electron chi connectivity index (χ4n) is 1.67. The number of aliphatic hydroxyl groups is 1. The Kier molecular flexibility index (Phi) is 4.30. The second-order valence-corrected chi connectivity index (χ2v) is 4.86. The summed E-state index contributed by atoms with van der Waals surface area (Å²) in [5.74, 6) is 0. The van der Waals surface area contributed by atoms with Crippen molar-refractivity contribution in [2.45, 2.75) is 25.9 Å². The summed E-state index contributed by atoms with van der Waals surface area (Å²) in [4.78, 5) is 1.19. The van der Waals surface area contributed by atoms with E-state index in [-0.39, 0.29) is 12.6 Å². The number of H-pyrrole nitrogens is 1. The molecule has 0 aliphatic rings. The van der Waals surface area contributed by atoms with Crippen LogP contribution in [0.2, 0.25) is 0 Å². The lowest BCUT2D eigenvalue weighted by Gasteiger charge is -2.13. The lowest BCUT2D eigenvalue weighted by atomic mass is 10.2. The van der Waals surface area contributed by atoms with Crippen molar-refractivity contribution in [3.05, 3.63) is 29.3 Å². The Labute approximate surface area is 105 Å². The number of nitrogens with one attached hydrogen (secondary N) is 2. The number of aliphatic hydroxyl groups excluding tert-OH is 1. The van der Waals surface area contributed by atoms with Gasteiger partial charge in [-0.25, -0.2) is 0 Å². The zero-order valence-electron chi connectivity index (χ0n) is 9.81. The van der Waals surface area contributed by atoms with E-state index in [1.807, 2.05) is 12.3 Å². The summed E-state index contributed by atoms with van der Waals surface area (Å²) in [5, 5.41) is 21.6. The Bertz CT molecular complexity index is 434. The molecular weight excluding hydrogens is 234 g/mol. The van der Waals surface area contributed by atoms with Gasteiger partial charge in [0.2, 0.25) is 0 Å². The Hall–Kier alpha value is -1.17. The molecule has 1 atom stereocenters. The van der Waals surface area contributed by atoms with Crippen LogP contribution in [0, 0.1) is 0 Å². The molecule has 5 heteroatoms. The molecule has 0 bridgehead atoms. The molecule has 0 aliphatic carbocycles. The highest BCUT2D eigenvalue weighted by Crippen LogP contribution is 2.25. The third-order valence-electron chi connectivity index (χ3n) is 2.78. The van der Waals surface area contributed by atoms with Gasteiger partial charge in [0.1, 0.15) is 0 Å². The molecule has 0 fully saturated rings. The molecule has 0 unspecified atom stereocenters. The highest BCUT2D eigenvalue weighted by atomic mass is 32.1. The Balaban J connectivity index is 2.05. The van der Waals surface area contributed by atoms with Gasteiger partial charge in [0.05, 0.1) is 23.4 Å². The number of hydrogen-bond acceptors (Lipinski definition) is 4. The maximum absolute atomic E-state index is 9.12. The van der Waals surface area contributed by atoms with Crippen molar-refractivity contribution in [3.8, 4) is 10.6 Å². The van der Waals surface area contributed by atoms with Gasteiger partial charge in [-0.2, -0.15) is 5.10 Å². The van der Waals surface area contributed by atoms with Crippen molar-refractivity contribution in [3.63, 3.8) is 0 Å². The molecule has 2 heterocycles. The van der Waals surface area contributed by atoms with E-state index >= 15 is 0 Å². The predicted molar refractivity (Wildman–Crippen MR) is 69.9 cm³/mol. The average molecular weight is 251 g/mol. The van der Waals surface area contributed by atoms with E-state index in [4.69, 9.17) is 5.11 Å². The Morgan fingerprint density at radius 2 is 2.47 bits per heavy atom. The summed E-state index contributed by atoms with van der Waals surface area (Å²) in [5.41, 5.74) is 2.21. The minimum atomic E-state index is 0.154. The van der Waals surface area contributed by atoms with Crippen LogP contribution < -0.4 is 5.32 Å². The first-order valence-corrected chi connectivity index (χ1v) is 6.63. The molecule has 2 rings (SSSR count). The molecule has 4 nitrogen and oxygen atoms in total. The number of hydrogen-bond donors (Lipinski definition) is 3. The molecule has 0 saturated heterocycles. The number of nitrogens with zero attached hydrogens (tertiary/aromatic N) is 1. The maximum Gasteiger partial charge on any atom is 0.0794 e. The third kappa shape index (κ3) is 2.94.